The normalized spacial score (nSPS) is 9.85. The molecule has 0 aromatic carbocycles. The topological polar surface area (TPSA) is 0 Å². The third-order valence-corrected chi connectivity index (χ3v) is 3.10. The summed E-state index contributed by atoms with van der Waals surface area (Å²) < 4.78 is 0. The maximum absolute atomic E-state index is 2.23. The SMILES string of the molecule is CC=CC=CC.CC=CCC.CC=CCC.CCCCC.CCCCCC. The van der Waals surface area contributed by atoms with E-state index in [0.717, 1.165) is 12.8 Å². The average molecular weight is 381 g/mol. The highest BCUT2D eigenvalue weighted by Gasteiger charge is 1.75. The molecular weight excluding hydrogens is 324 g/mol. The van der Waals surface area contributed by atoms with Crippen molar-refractivity contribution in [2.45, 2.75) is 127 Å². The molecular formula is C27H56. The fourth-order valence-electron chi connectivity index (χ4n) is 1.55. The summed E-state index contributed by atoms with van der Waals surface area (Å²) in [6, 6.07) is 0. The maximum atomic E-state index is 2.23. The van der Waals surface area contributed by atoms with E-state index in [-0.39, 0.29) is 0 Å². The van der Waals surface area contributed by atoms with Crippen LogP contribution in [0.1, 0.15) is 127 Å². The summed E-state index contributed by atoms with van der Waals surface area (Å²) in [6.07, 6.45) is 28.3. The molecule has 27 heavy (non-hydrogen) atoms. The summed E-state index contributed by atoms with van der Waals surface area (Å²) in [5, 5.41) is 0. The lowest BCUT2D eigenvalue weighted by molar-refractivity contribution is 0.702. The van der Waals surface area contributed by atoms with Crippen LogP contribution >= 0.6 is 0 Å². The Hall–Kier alpha value is -1.04. The molecule has 0 N–H and O–H groups in total. The molecule has 0 radical (unpaired) electrons. The Kier molecular flexibility index (Phi) is 76.7. The molecule has 0 rings (SSSR count). The van der Waals surface area contributed by atoms with Gasteiger partial charge in [-0.15, -0.1) is 0 Å². The standard InChI is InChI=1S/C6H14.C6H10.C5H12.2C5H10/c2*1-3-5-6-4-2;3*1-3-5-4-2/h3-6H2,1-2H3;3-6H,1-2H3;3-5H2,1-2H3;2*3,5H,4H2,1-2H3. The van der Waals surface area contributed by atoms with Crippen LogP contribution in [0.3, 0.4) is 0 Å². The van der Waals surface area contributed by atoms with Gasteiger partial charge in [-0.05, 0) is 40.5 Å². The van der Waals surface area contributed by atoms with Crippen LogP contribution < -0.4 is 0 Å². The minimum Gasteiger partial charge on any atom is -0.0917 e. The fraction of sp³-hybridized carbons (Fsp3) is 0.704. The fourth-order valence-corrected chi connectivity index (χ4v) is 1.55. The van der Waals surface area contributed by atoms with Crippen molar-refractivity contribution in [3.8, 4) is 0 Å². The van der Waals surface area contributed by atoms with Crippen LogP contribution in [0.25, 0.3) is 0 Å². The molecule has 0 aromatic rings. The first-order valence-corrected chi connectivity index (χ1v) is 11.5. The van der Waals surface area contributed by atoms with Crippen LogP contribution in [-0.4, -0.2) is 0 Å². The van der Waals surface area contributed by atoms with E-state index in [1.54, 1.807) is 0 Å². The van der Waals surface area contributed by atoms with Gasteiger partial charge in [-0.2, -0.15) is 0 Å². The number of hydrogen-bond donors (Lipinski definition) is 0. The average Bonchev–Trinajstić information content (AvgIpc) is 2.68. The first kappa shape index (κ1) is 36.8. The second-order valence-corrected chi connectivity index (χ2v) is 6.07. The quantitative estimate of drug-likeness (QED) is 0.223. The minimum absolute atomic E-state index is 1.16. The Balaban J connectivity index is -0.0000000749. The van der Waals surface area contributed by atoms with E-state index in [9.17, 15) is 0 Å². The van der Waals surface area contributed by atoms with E-state index in [1.807, 2.05) is 52.0 Å². The predicted molar refractivity (Wildman–Crippen MR) is 135 cm³/mol. The Labute approximate surface area is 175 Å². The Morgan fingerprint density at radius 1 is 0.407 bits per heavy atom. The number of allylic oxidation sites excluding steroid dienone is 8. The predicted octanol–water partition coefficient (Wildman–Crippen LogP) is 10.9. The summed E-state index contributed by atoms with van der Waals surface area (Å²) >= 11 is 0. The van der Waals surface area contributed by atoms with Gasteiger partial charge in [0.05, 0.1) is 0 Å². The van der Waals surface area contributed by atoms with E-state index >= 15 is 0 Å². The van der Waals surface area contributed by atoms with Crippen LogP contribution in [0.2, 0.25) is 0 Å². The summed E-state index contributed by atoms with van der Waals surface area (Å²) in [5.74, 6) is 0. The summed E-state index contributed by atoms with van der Waals surface area (Å²) in [4.78, 5) is 0. The molecule has 0 aliphatic rings. The van der Waals surface area contributed by atoms with Crippen LogP contribution in [0.5, 0.6) is 0 Å². The first-order valence-electron chi connectivity index (χ1n) is 11.5. The number of hydrogen-bond acceptors (Lipinski definition) is 0. The van der Waals surface area contributed by atoms with E-state index in [4.69, 9.17) is 0 Å². The number of unbranched alkanes of at least 4 members (excludes halogenated alkanes) is 5. The van der Waals surface area contributed by atoms with Crippen LogP contribution in [0.15, 0.2) is 48.6 Å². The molecule has 0 saturated heterocycles. The number of rotatable bonds is 8. The molecule has 0 spiro atoms. The van der Waals surface area contributed by atoms with E-state index in [2.05, 4.69) is 65.8 Å². The van der Waals surface area contributed by atoms with Crippen LogP contribution in [0, 0.1) is 0 Å². The van der Waals surface area contributed by atoms with Gasteiger partial charge in [-0.3, -0.25) is 0 Å². The van der Waals surface area contributed by atoms with Crippen molar-refractivity contribution in [2.75, 3.05) is 0 Å². The van der Waals surface area contributed by atoms with Gasteiger partial charge >= 0.3 is 0 Å². The van der Waals surface area contributed by atoms with Crippen molar-refractivity contribution >= 4 is 0 Å². The lowest BCUT2D eigenvalue weighted by Gasteiger charge is -1.86. The smallest absolute Gasteiger partial charge is 0.0379 e. The first-order chi connectivity index (χ1) is 13.1. The van der Waals surface area contributed by atoms with Crippen molar-refractivity contribution in [3.63, 3.8) is 0 Å². The van der Waals surface area contributed by atoms with E-state index < -0.39 is 0 Å². The molecule has 0 aromatic heterocycles. The van der Waals surface area contributed by atoms with Gasteiger partial charge in [0.25, 0.3) is 0 Å². The minimum atomic E-state index is 1.16. The Morgan fingerprint density at radius 2 is 0.704 bits per heavy atom. The van der Waals surface area contributed by atoms with Crippen molar-refractivity contribution in [3.05, 3.63) is 48.6 Å². The second-order valence-electron chi connectivity index (χ2n) is 6.07. The van der Waals surface area contributed by atoms with Gasteiger partial charge in [0.1, 0.15) is 0 Å². The molecule has 0 nitrogen and oxygen atoms in total. The summed E-state index contributed by atoms with van der Waals surface area (Å²) in [6.45, 7) is 21.2. The second kappa shape index (κ2) is 56.3. The van der Waals surface area contributed by atoms with Crippen molar-refractivity contribution in [1.82, 2.24) is 0 Å². The Morgan fingerprint density at radius 3 is 0.778 bits per heavy atom. The third kappa shape index (κ3) is 110. The van der Waals surface area contributed by atoms with Gasteiger partial charge < -0.3 is 0 Å². The van der Waals surface area contributed by atoms with Crippen molar-refractivity contribution in [1.29, 1.82) is 0 Å². The molecule has 0 heteroatoms. The van der Waals surface area contributed by atoms with E-state index in [0.29, 0.717) is 0 Å². The zero-order chi connectivity index (χ0) is 22.0. The van der Waals surface area contributed by atoms with Gasteiger partial charge in [-0.1, -0.05) is 135 Å². The van der Waals surface area contributed by atoms with Gasteiger partial charge in [0.2, 0.25) is 0 Å². The lowest BCUT2D eigenvalue weighted by Crippen LogP contribution is -1.66. The van der Waals surface area contributed by atoms with Crippen LogP contribution in [0.4, 0.5) is 0 Å². The zero-order valence-electron chi connectivity index (χ0n) is 21.0. The highest BCUT2D eigenvalue weighted by molar-refractivity contribution is 4.98. The van der Waals surface area contributed by atoms with Crippen LogP contribution in [-0.2, 0) is 0 Å². The molecule has 0 bridgehead atoms. The summed E-state index contributed by atoms with van der Waals surface area (Å²) in [7, 11) is 0. The molecule has 0 fully saturated rings. The van der Waals surface area contributed by atoms with E-state index in [1.165, 1.54) is 44.9 Å². The molecule has 0 atom stereocenters. The zero-order valence-corrected chi connectivity index (χ0v) is 21.0. The molecule has 0 unspecified atom stereocenters. The van der Waals surface area contributed by atoms with Crippen molar-refractivity contribution < 1.29 is 0 Å². The molecule has 0 aliphatic heterocycles. The van der Waals surface area contributed by atoms with Gasteiger partial charge in [0, 0.05) is 0 Å². The molecule has 0 saturated carbocycles. The largest absolute Gasteiger partial charge is 0.0917 e. The Bertz CT molecular complexity index is 238. The molecule has 0 aliphatic carbocycles. The highest BCUT2D eigenvalue weighted by atomic mass is 13.8. The van der Waals surface area contributed by atoms with Gasteiger partial charge in [-0.25, -0.2) is 0 Å². The molecule has 0 heterocycles. The van der Waals surface area contributed by atoms with Crippen molar-refractivity contribution in [2.24, 2.45) is 0 Å². The third-order valence-electron chi connectivity index (χ3n) is 3.10. The lowest BCUT2D eigenvalue weighted by atomic mass is 10.2. The van der Waals surface area contributed by atoms with Gasteiger partial charge in [0.15, 0.2) is 0 Å². The maximum Gasteiger partial charge on any atom is -0.0379 e. The summed E-state index contributed by atoms with van der Waals surface area (Å²) in [5.41, 5.74) is 0. The highest BCUT2D eigenvalue weighted by Crippen LogP contribution is 1.95. The molecule has 164 valence electrons. The molecule has 0 amide bonds. The monoisotopic (exact) mass is 380 g/mol.